The van der Waals surface area contributed by atoms with Gasteiger partial charge in [0.2, 0.25) is 0 Å². The molecule has 0 N–H and O–H groups in total. The predicted molar refractivity (Wildman–Crippen MR) is 121 cm³/mol. The van der Waals surface area contributed by atoms with Crippen LogP contribution in [-0.4, -0.2) is 60.8 Å². The van der Waals surface area contributed by atoms with Gasteiger partial charge >= 0.3 is 0 Å². The first-order valence-electron chi connectivity index (χ1n) is 9.63. The number of likely N-dealkylation sites (N-methyl/N-ethyl adjacent to an activating group) is 1. The normalized spacial score (nSPS) is 15.4. The lowest BCUT2D eigenvalue weighted by atomic mass is 10.2. The van der Waals surface area contributed by atoms with Crippen LogP contribution in [0, 0.1) is 13.8 Å². The Morgan fingerprint density at radius 3 is 1.37 bits per heavy atom. The Balaban J connectivity index is 1.85. The molecule has 2 atom stereocenters. The largest absolute Gasteiger partial charge is 0.302 e. The molecule has 2 aromatic rings. The van der Waals surface area contributed by atoms with Gasteiger partial charge in [0.05, 0.1) is 23.0 Å². The highest BCUT2D eigenvalue weighted by Gasteiger charge is 2.15. The Labute approximate surface area is 181 Å². The molecule has 0 amide bonds. The lowest BCUT2D eigenvalue weighted by molar-refractivity contribution is 0.214. The molecule has 0 fully saturated rings. The summed E-state index contributed by atoms with van der Waals surface area (Å²) in [6, 6.07) is 14.6. The van der Waals surface area contributed by atoms with E-state index in [1.807, 2.05) is 50.1 Å². The van der Waals surface area contributed by atoms with Crippen molar-refractivity contribution >= 4 is 20.0 Å². The summed E-state index contributed by atoms with van der Waals surface area (Å²) in [5, 5.41) is 0. The highest BCUT2D eigenvalue weighted by atomic mass is 32.2. The standard InChI is InChI=1S/C21H31N3O4S2/c1-18-6-10-20(11-7-18)29(25,22-3)27-16-14-24(5)15-17-28-30(26,23-4)21-12-8-19(2)9-13-21/h6-13H,14-17H2,1-5H3/t29-,30+. The van der Waals surface area contributed by atoms with Gasteiger partial charge in [-0.25, -0.2) is 17.1 Å². The molecule has 9 heteroatoms. The number of benzene rings is 2. The lowest BCUT2D eigenvalue weighted by Gasteiger charge is -2.18. The predicted octanol–water partition coefficient (Wildman–Crippen LogP) is 3.71. The highest BCUT2D eigenvalue weighted by molar-refractivity contribution is 7.89. The molecule has 0 unspecified atom stereocenters. The average molecular weight is 454 g/mol. The van der Waals surface area contributed by atoms with Crippen LogP contribution in [0.5, 0.6) is 0 Å². The number of nitrogens with zero attached hydrogens (tertiary/aromatic N) is 3. The van der Waals surface area contributed by atoms with Crippen molar-refractivity contribution in [2.75, 3.05) is 47.4 Å². The molecule has 0 aromatic heterocycles. The van der Waals surface area contributed by atoms with Gasteiger partial charge in [0, 0.05) is 27.2 Å². The molecule has 2 aromatic carbocycles. The molecule has 0 aliphatic rings. The molecule has 2 rings (SSSR count). The van der Waals surface area contributed by atoms with E-state index in [0.717, 1.165) is 11.1 Å². The Morgan fingerprint density at radius 1 is 0.733 bits per heavy atom. The number of hydrogen-bond donors (Lipinski definition) is 0. The van der Waals surface area contributed by atoms with Crippen molar-refractivity contribution in [2.45, 2.75) is 23.6 Å². The van der Waals surface area contributed by atoms with Gasteiger partial charge in [0.1, 0.15) is 0 Å². The zero-order valence-corrected chi connectivity index (χ0v) is 19.9. The Bertz CT molecular complexity index is 965. The first-order valence-corrected chi connectivity index (χ1v) is 12.5. The van der Waals surface area contributed by atoms with Gasteiger partial charge in [-0.05, 0) is 45.2 Å². The molecule has 0 spiro atoms. The third kappa shape index (κ3) is 6.61. The van der Waals surface area contributed by atoms with Crippen LogP contribution in [0.1, 0.15) is 11.1 Å². The summed E-state index contributed by atoms with van der Waals surface area (Å²) in [6.07, 6.45) is 0. The summed E-state index contributed by atoms with van der Waals surface area (Å²) in [5.41, 5.74) is 2.16. The van der Waals surface area contributed by atoms with Crippen LogP contribution >= 0.6 is 0 Å². The molecule has 0 bridgehead atoms. The zero-order chi connectivity index (χ0) is 22.2. The maximum Gasteiger partial charge on any atom is 0.193 e. The summed E-state index contributed by atoms with van der Waals surface area (Å²) in [4.78, 5) is 3.07. The monoisotopic (exact) mass is 453 g/mol. The maximum absolute atomic E-state index is 12.9. The second-order valence-corrected chi connectivity index (χ2v) is 10.9. The molecular weight excluding hydrogens is 422 g/mol. The fourth-order valence-electron chi connectivity index (χ4n) is 2.60. The van der Waals surface area contributed by atoms with Crippen molar-refractivity contribution in [3.8, 4) is 0 Å². The molecule has 0 radical (unpaired) electrons. The molecule has 0 saturated carbocycles. The Hall–Kier alpha value is -1.78. The third-order valence-corrected chi connectivity index (χ3v) is 8.22. The third-order valence-electron chi connectivity index (χ3n) is 4.55. The molecule has 166 valence electrons. The van der Waals surface area contributed by atoms with E-state index in [9.17, 15) is 8.42 Å². The number of aryl methyl sites for hydroxylation is 2. The lowest BCUT2D eigenvalue weighted by Crippen LogP contribution is -2.28. The summed E-state index contributed by atoms with van der Waals surface area (Å²) >= 11 is 0. The van der Waals surface area contributed by atoms with E-state index in [1.54, 1.807) is 24.3 Å². The summed E-state index contributed by atoms with van der Waals surface area (Å²) in [5.74, 6) is 0. The average Bonchev–Trinajstić information content (AvgIpc) is 2.74. The minimum absolute atomic E-state index is 0.242. The molecule has 0 aliphatic carbocycles. The Kier molecular flexibility index (Phi) is 8.99. The first kappa shape index (κ1) is 24.5. The van der Waals surface area contributed by atoms with Gasteiger partial charge < -0.3 is 4.90 Å². The van der Waals surface area contributed by atoms with Gasteiger partial charge in [0.15, 0.2) is 20.0 Å². The minimum Gasteiger partial charge on any atom is -0.302 e. The van der Waals surface area contributed by atoms with Gasteiger partial charge in [-0.3, -0.25) is 8.37 Å². The van der Waals surface area contributed by atoms with Crippen molar-refractivity contribution in [2.24, 2.45) is 8.73 Å². The molecular formula is C21H31N3O4S2. The van der Waals surface area contributed by atoms with Gasteiger partial charge in [-0.15, -0.1) is 0 Å². The summed E-state index contributed by atoms with van der Waals surface area (Å²) in [7, 11) is -0.918. The summed E-state index contributed by atoms with van der Waals surface area (Å²) < 4.78 is 45.1. The smallest absolute Gasteiger partial charge is 0.193 e. The van der Waals surface area contributed by atoms with Crippen LogP contribution in [0.3, 0.4) is 0 Å². The molecule has 7 nitrogen and oxygen atoms in total. The van der Waals surface area contributed by atoms with Gasteiger partial charge in [-0.1, -0.05) is 35.4 Å². The van der Waals surface area contributed by atoms with E-state index in [4.69, 9.17) is 8.37 Å². The van der Waals surface area contributed by atoms with Crippen molar-refractivity contribution in [1.29, 1.82) is 0 Å². The highest BCUT2D eigenvalue weighted by Crippen LogP contribution is 2.17. The van der Waals surface area contributed by atoms with Crippen molar-refractivity contribution in [3.05, 3.63) is 59.7 Å². The fourth-order valence-corrected chi connectivity index (χ4v) is 5.06. The van der Waals surface area contributed by atoms with E-state index >= 15 is 0 Å². The second-order valence-electron chi connectivity index (χ2n) is 6.89. The van der Waals surface area contributed by atoms with Crippen LogP contribution in [-0.2, 0) is 28.4 Å². The number of hydrogen-bond acceptors (Lipinski definition) is 7. The fraction of sp³-hybridized carbons (Fsp3) is 0.429. The van der Waals surface area contributed by atoms with Gasteiger partial charge in [-0.2, -0.15) is 0 Å². The summed E-state index contributed by atoms with van der Waals surface area (Å²) in [6.45, 7) is 5.47. The quantitative estimate of drug-likeness (QED) is 0.548. The van der Waals surface area contributed by atoms with Gasteiger partial charge in [0.25, 0.3) is 0 Å². The van der Waals surface area contributed by atoms with E-state index < -0.39 is 20.0 Å². The van der Waals surface area contributed by atoms with Crippen LogP contribution in [0.4, 0.5) is 0 Å². The van der Waals surface area contributed by atoms with Crippen molar-refractivity contribution in [3.63, 3.8) is 0 Å². The van der Waals surface area contributed by atoms with E-state index in [1.165, 1.54) is 14.1 Å². The van der Waals surface area contributed by atoms with E-state index in [-0.39, 0.29) is 13.2 Å². The molecule has 0 heterocycles. The molecule has 0 aliphatic heterocycles. The molecule has 30 heavy (non-hydrogen) atoms. The van der Waals surface area contributed by atoms with Crippen LogP contribution in [0.15, 0.2) is 67.0 Å². The maximum atomic E-state index is 12.9. The topological polar surface area (TPSA) is 80.6 Å². The van der Waals surface area contributed by atoms with Crippen LogP contribution in [0.25, 0.3) is 0 Å². The SMILES string of the molecule is CN=[S@@](=O)(OCCN(C)CCO[S@@](=O)(=NC)c1ccc(C)cc1)c1ccc(C)cc1. The van der Waals surface area contributed by atoms with Crippen LogP contribution in [0.2, 0.25) is 0 Å². The zero-order valence-electron chi connectivity index (χ0n) is 18.2. The van der Waals surface area contributed by atoms with E-state index in [0.29, 0.717) is 22.9 Å². The van der Waals surface area contributed by atoms with Crippen LogP contribution < -0.4 is 0 Å². The second kappa shape index (κ2) is 11.0. The first-order chi connectivity index (χ1) is 14.2. The molecule has 0 saturated heterocycles. The number of rotatable bonds is 10. The van der Waals surface area contributed by atoms with Crippen molar-refractivity contribution < 1.29 is 16.8 Å². The van der Waals surface area contributed by atoms with Crippen molar-refractivity contribution in [1.82, 2.24) is 4.90 Å². The Morgan fingerprint density at radius 2 is 1.07 bits per heavy atom. The van der Waals surface area contributed by atoms with E-state index in [2.05, 4.69) is 8.73 Å². The minimum atomic E-state index is -2.90.